The van der Waals surface area contributed by atoms with E-state index in [1.165, 1.54) is 80.8 Å². The molecule has 0 amide bonds. The minimum atomic E-state index is 0.0270. The summed E-state index contributed by atoms with van der Waals surface area (Å²) in [7, 11) is 0. The molecule has 0 fully saturated rings. The van der Waals surface area contributed by atoms with Gasteiger partial charge in [-0.1, -0.05) is 139 Å². The van der Waals surface area contributed by atoms with Crippen LogP contribution in [0.25, 0.3) is 69.9 Å². The summed E-state index contributed by atoms with van der Waals surface area (Å²) >= 11 is 1.87. The van der Waals surface area contributed by atoms with E-state index in [0.717, 1.165) is 11.4 Å². The number of thiophene rings is 1. The van der Waals surface area contributed by atoms with Crippen LogP contribution in [0.1, 0.15) is 0 Å². The number of aromatic nitrogens is 1. The van der Waals surface area contributed by atoms with E-state index in [2.05, 4.69) is 197 Å². The Bertz CT molecular complexity index is 2990. The highest BCUT2D eigenvalue weighted by molar-refractivity contribution is 7.25. The highest BCUT2D eigenvalue weighted by Crippen LogP contribution is 2.43. The molecule has 3 heterocycles. The summed E-state index contributed by atoms with van der Waals surface area (Å²) in [4.78, 5) is 2.54. The van der Waals surface area contributed by atoms with Crippen LogP contribution in [-0.4, -0.2) is 11.4 Å². The van der Waals surface area contributed by atoms with Gasteiger partial charge in [0.2, 0.25) is 0 Å². The van der Waals surface area contributed by atoms with Crippen molar-refractivity contribution >= 4 is 82.5 Å². The Morgan fingerprint density at radius 2 is 1.10 bits per heavy atom. The van der Waals surface area contributed by atoms with Crippen molar-refractivity contribution in [3.8, 4) is 27.9 Å². The standard InChI is InChI=1S/C48H31BN2S/c1-2-14-33(15-3-1)49-42-23-8-4-18-37(42)38-19-6-10-25-45(38)51(49)35-17-12-16-34(31-35)50-43-24-9-5-20-39(43)41-30-32(28-29-44(41)50)36-22-13-27-47-48(36)40-21-7-11-26-46(40)52-47/h1-31H. The fraction of sp³-hybridized carbons (Fsp3) is 0. The minimum absolute atomic E-state index is 0.0270. The quantitative estimate of drug-likeness (QED) is 0.168. The van der Waals surface area contributed by atoms with Crippen LogP contribution >= 0.6 is 11.3 Å². The highest BCUT2D eigenvalue weighted by Gasteiger charge is 2.36. The average Bonchev–Trinajstić information content (AvgIpc) is 3.76. The SMILES string of the molecule is c1ccc(B2c3ccccc3-c3ccccc3N2c2cccc(-n3c4ccccc4c4cc(-c5cccc6sc7ccccc7c56)ccc43)c2)cc1. The molecule has 0 aliphatic carbocycles. The van der Waals surface area contributed by atoms with Gasteiger partial charge in [-0.2, -0.15) is 0 Å². The van der Waals surface area contributed by atoms with Gasteiger partial charge >= 0.3 is 6.85 Å². The van der Waals surface area contributed by atoms with Gasteiger partial charge in [-0.15, -0.1) is 11.3 Å². The Labute approximate surface area is 306 Å². The average molecular weight is 679 g/mol. The van der Waals surface area contributed by atoms with E-state index in [-0.39, 0.29) is 6.85 Å². The molecule has 8 aromatic carbocycles. The molecule has 0 spiro atoms. The molecule has 0 saturated carbocycles. The summed E-state index contributed by atoms with van der Waals surface area (Å²) < 4.78 is 5.10. The fourth-order valence-electron chi connectivity index (χ4n) is 8.64. The van der Waals surface area contributed by atoms with Crippen LogP contribution in [0, 0.1) is 0 Å². The predicted octanol–water partition coefficient (Wildman–Crippen LogP) is 11.7. The van der Waals surface area contributed by atoms with Crippen LogP contribution in [0.15, 0.2) is 188 Å². The molecular formula is C48H31BN2S. The third-order valence-corrected chi connectivity index (χ3v) is 12.0. The lowest BCUT2D eigenvalue weighted by atomic mass is 9.46. The van der Waals surface area contributed by atoms with Gasteiger partial charge in [-0.25, -0.2) is 0 Å². The highest BCUT2D eigenvalue weighted by atomic mass is 32.1. The van der Waals surface area contributed by atoms with Crippen molar-refractivity contribution in [3.63, 3.8) is 0 Å². The minimum Gasteiger partial charge on any atom is -0.376 e. The van der Waals surface area contributed by atoms with E-state index >= 15 is 0 Å². The number of hydrogen-bond donors (Lipinski definition) is 0. The molecule has 2 aromatic heterocycles. The van der Waals surface area contributed by atoms with Crippen LogP contribution in [0.4, 0.5) is 11.4 Å². The van der Waals surface area contributed by atoms with Gasteiger partial charge in [0.25, 0.3) is 0 Å². The Balaban J connectivity index is 1.11. The third kappa shape index (κ3) is 4.38. The Morgan fingerprint density at radius 1 is 0.423 bits per heavy atom. The zero-order valence-electron chi connectivity index (χ0n) is 28.3. The zero-order valence-corrected chi connectivity index (χ0v) is 29.1. The van der Waals surface area contributed by atoms with Gasteiger partial charge in [0.05, 0.1) is 11.0 Å². The Kier molecular flexibility index (Phi) is 6.55. The van der Waals surface area contributed by atoms with E-state index in [1.54, 1.807) is 0 Å². The molecule has 0 bridgehead atoms. The molecule has 242 valence electrons. The number of nitrogens with zero attached hydrogens (tertiary/aromatic N) is 2. The van der Waals surface area contributed by atoms with E-state index in [0.29, 0.717) is 0 Å². The molecule has 11 rings (SSSR count). The van der Waals surface area contributed by atoms with Crippen LogP contribution in [0.2, 0.25) is 0 Å². The normalized spacial score (nSPS) is 12.5. The molecule has 0 N–H and O–H groups in total. The number of anilines is 2. The van der Waals surface area contributed by atoms with Crippen molar-refractivity contribution in [2.24, 2.45) is 0 Å². The molecule has 0 radical (unpaired) electrons. The second-order valence-corrected chi connectivity index (χ2v) is 14.8. The summed E-state index contributed by atoms with van der Waals surface area (Å²) in [5.41, 5.74) is 13.6. The fourth-order valence-corrected chi connectivity index (χ4v) is 9.77. The molecule has 2 nitrogen and oxygen atoms in total. The van der Waals surface area contributed by atoms with Gasteiger partial charge < -0.3 is 9.38 Å². The van der Waals surface area contributed by atoms with E-state index in [1.807, 2.05) is 11.3 Å². The van der Waals surface area contributed by atoms with Crippen molar-refractivity contribution in [3.05, 3.63) is 188 Å². The van der Waals surface area contributed by atoms with Crippen molar-refractivity contribution in [1.29, 1.82) is 0 Å². The van der Waals surface area contributed by atoms with Gasteiger partial charge in [0.15, 0.2) is 0 Å². The maximum atomic E-state index is 2.54. The van der Waals surface area contributed by atoms with Gasteiger partial charge in [-0.05, 0) is 76.8 Å². The Hall–Kier alpha value is -6.36. The molecule has 0 atom stereocenters. The van der Waals surface area contributed by atoms with Crippen LogP contribution in [0.5, 0.6) is 0 Å². The second-order valence-electron chi connectivity index (χ2n) is 13.7. The maximum absolute atomic E-state index is 2.54. The largest absolute Gasteiger partial charge is 0.376 e. The number of para-hydroxylation sites is 2. The third-order valence-electron chi connectivity index (χ3n) is 10.8. The molecular weight excluding hydrogens is 647 g/mol. The van der Waals surface area contributed by atoms with E-state index in [9.17, 15) is 0 Å². The van der Waals surface area contributed by atoms with Gasteiger partial charge in [0.1, 0.15) is 0 Å². The predicted molar refractivity (Wildman–Crippen MR) is 225 cm³/mol. The topological polar surface area (TPSA) is 8.17 Å². The van der Waals surface area contributed by atoms with Gasteiger partial charge in [-0.3, -0.25) is 0 Å². The lowest BCUT2D eigenvalue weighted by Gasteiger charge is -2.39. The molecule has 52 heavy (non-hydrogen) atoms. The van der Waals surface area contributed by atoms with Crippen molar-refractivity contribution in [2.45, 2.75) is 0 Å². The van der Waals surface area contributed by atoms with E-state index < -0.39 is 0 Å². The number of benzene rings is 8. The monoisotopic (exact) mass is 678 g/mol. The lowest BCUT2D eigenvalue weighted by molar-refractivity contribution is 1.17. The van der Waals surface area contributed by atoms with Crippen LogP contribution < -0.4 is 15.7 Å². The smallest absolute Gasteiger partial charge is 0.328 e. The molecule has 0 saturated heterocycles. The molecule has 1 aliphatic rings. The summed E-state index contributed by atoms with van der Waals surface area (Å²) in [6, 6.07) is 69.2. The van der Waals surface area contributed by atoms with Crippen molar-refractivity contribution in [1.82, 2.24) is 4.57 Å². The first-order chi connectivity index (χ1) is 25.8. The first kappa shape index (κ1) is 29.4. The summed E-state index contributed by atoms with van der Waals surface area (Å²) in [5.74, 6) is 0. The van der Waals surface area contributed by atoms with Crippen molar-refractivity contribution in [2.75, 3.05) is 4.81 Å². The maximum Gasteiger partial charge on any atom is 0.328 e. The first-order valence-corrected chi connectivity index (χ1v) is 18.7. The van der Waals surface area contributed by atoms with Crippen LogP contribution in [0.3, 0.4) is 0 Å². The lowest BCUT2D eigenvalue weighted by Crippen LogP contribution is -2.57. The van der Waals surface area contributed by atoms with Crippen LogP contribution in [-0.2, 0) is 0 Å². The summed E-state index contributed by atoms with van der Waals surface area (Å²) in [5, 5.41) is 5.18. The number of rotatable bonds is 4. The number of hydrogen-bond acceptors (Lipinski definition) is 2. The molecule has 4 heteroatoms. The van der Waals surface area contributed by atoms with Gasteiger partial charge in [0, 0.05) is 53.6 Å². The molecule has 0 unspecified atom stereocenters. The van der Waals surface area contributed by atoms with Crippen molar-refractivity contribution < 1.29 is 0 Å². The Morgan fingerprint density at radius 3 is 2.02 bits per heavy atom. The van der Waals surface area contributed by atoms with E-state index in [4.69, 9.17) is 0 Å². The molecule has 10 aromatic rings. The first-order valence-electron chi connectivity index (χ1n) is 17.9. The second kappa shape index (κ2) is 11.6. The molecule has 1 aliphatic heterocycles. The summed E-state index contributed by atoms with van der Waals surface area (Å²) in [6.45, 7) is 0.0270. The number of fused-ring (bicyclic) bond motifs is 9. The zero-order chi connectivity index (χ0) is 34.2. The summed E-state index contributed by atoms with van der Waals surface area (Å²) in [6.07, 6.45) is 0.